The summed E-state index contributed by atoms with van der Waals surface area (Å²) in [6, 6.07) is 21.1. The van der Waals surface area contributed by atoms with Crippen molar-refractivity contribution in [3.05, 3.63) is 135 Å². The number of phenols is 3. The molecule has 0 aromatic heterocycles. The largest absolute Gasteiger partial charge is 0.508 e. The molecule has 5 N–H and O–H groups in total. The number of rotatable bonds is 8. The summed E-state index contributed by atoms with van der Waals surface area (Å²) in [4.78, 5) is 49.3. The van der Waals surface area contributed by atoms with E-state index in [9.17, 15) is 65.4 Å². The number of anilines is 3. The van der Waals surface area contributed by atoms with E-state index in [1.54, 1.807) is 67.9 Å². The Kier molecular flexibility index (Phi) is 17.2. The Hall–Kier alpha value is -6.36. The number of imide groups is 1. The maximum atomic E-state index is 12.8. The van der Waals surface area contributed by atoms with Crippen LogP contribution in [-0.2, 0) is 36.7 Å². The number of ether oxygens (including phenoxy) is 1. The van der Waals surface area contributed by atoms with Gasteiger partial charge in [0.25, 0.3) is 23.6 Å². The van der Waals surface area contributed by atoms with Crippen LogP contribution in [0.5, 0.6) is 17.2 Å². The van der Waals surface area contributed by atoms with Crippen molar-refractivity contribution < 1.29 is 70.1 Å². The standard InChI is InChI=1S/C18H25NO4.C16H10ClF6NO2.C15H16NO3P/c1-17(2,3)11-18(4,5)13-8-12(6-7-14(13)20)19-15(21)9-23-10-16(19)22;1-7-2-13(25)11(17)6-12(7)24-14(26)8-3-9(15(18,19)20)5-10(4-8)16(21,22)23;1-20(2,19)14-10-12(8-9-13(14)17)16-15(18)11-6-4-3-5-7-11/h6-8,20H,9-11H2,1-5H3;2-6,25H,1H3,(H,24,26);3-10,17H,1-2H3,(H,16,18). The lowest BCUT2D eigenvalue weighted by Crippen LogP contribution is -2.46. The zero-order valence-electron chi connectivity index (χ0n) is 38.7. The number of hydrogen-bond donors (Lipinski definition) is 5. The molecule has 0 bridgehead atoms. The maximum absolute atomic E-state index is 12.8. The molecule has 1 fully saturated rings. The molecule has 0 atom stereocenters. The van der Waals surface area contributed by atoms with Gasteiger partial charge in [0.1, 0.15) is 37.6 Å². The summed E-state index contributed by atoms with van der Waals surface area (Å²) in [6.45, 7) is 14.9. The Bertz CT molecular complexity index is 2720. The molecule has 1 aliphatic heterocycles. The third-order valence-corrected chi connectivity index (χ3v) is 12.0. The minimum Gasteiger partial charge on any atom is -0.508 e. The van der Waals surface area contributed by atoms with Gasteiger partial charge < -0.3 is 35.3 Å². The summed E-state index contributed by atoms with van der Waals surface area (Å²) >= 11 is 5.69. The highest BCUT2D eigenvalue weighted by Crippen LogP contribution is 2.42. The molecule has 0 spiro atoms. The van der Waals surface area contributed by atoms with Crippen molar-refractivity contribution in [2.24, 2.45) is 5.41 Å². The number of morpholine rings is 1. The van der Waals surface area contributed by atoms with E-state index in [1.807, 2.05) is 6.07 Å². The lowest BCUT2D eigenvalue weighted by Gasteiger charge is -2.34. The Morgan fingerprint density at radius 2 is 1.23 bits per heavy atom. The highest BCUT2D eigenvalue weighted by atomic mass is 35.5. The molecule has 1 aliphatic rings. The first-order chi connectivity index (χ1) is 31.7. The van der Waals surface area contributed by atoms with Crippen LogP contribution < -0.4 is 20.8 Å². The summed E-state index contributed by atoms with van der Waals surface area (Å²) in [7, 11) is -2.60. The number of carbonyl (C=O) groups is 4. The van der Waals surface area contributed by atoms with E-state index < -0.39 is 42.1 Å². The summed E-state index contributed by atoms with van der Waals surface area (Å²) in [5.41, 5.74) is -1.63. The second-order valence-electron chi connectivity index (χ2n) is 18.2. The van der Waals surface area contributed by atoms with Crippen LogP contribution in [0.25, 0.3) is 0 Å². The molecule has 20 heteroatoms. The number of aromatic hydroxyl groups is 3. The number of nitrogens with one attached hydrogen (secondary N) is 2. The average molecular weight is 1010 g/mol. The first-order valence-corrected chi connectivity index (χ1v) is 23.8. The number of halogens is 7. The van der Waals surface area contributed by atoms with Crippen molar-refractivity contribution in [3.63, 3.8) is 0 Å². The molecule has 1 saturated heterocycles. The van der Waals surface area contributed by atoms with Crippen LogP contribution in [0.4, 0.5) is 43.4 Å². The Morgan fingerprint density at radius 1 is 0.696 bits per heavy atom. The lowest BCUT2D eigenvalue weighted by atomic mass is 9.72. The predicted octanol–water partition coefficient (Wildman–Crippen LogP) is 11.5. The molecule has 0 saturated carbocycles. The number of benzene rings is 5. The summed E-state index contributed by atoms with van der Waals surface area (Å²) in [6.07, 6.45) is -9.27. The van der Waals surface area contributed by atoms with Crippen LogP contribution in [0, 0.1) is 12.3 Å². The third kappa shape index (κ3) is 15.3. The van der Waals surface area contributed by atoms with Crippen molar-refractivity contribution in [3.8, 4) is 17.2 Å². The smallest absolute Gasteiger partial charge is 0.416 e. The van der Waals surface area contributed by atoms with Crippen LogP contribution in [0.2, 0.25) is 5.02 Å². The molecule has 1 heterocycles. The zero-order valence-corrected chi connectivity index (χ0v) is 40.3. The highest BCUT2D eigenvalue weighted by molar-refractivity contribution is 7.70. The van der Waals surface area contributed by atoms with Gasteiger partial charge in [-0.05, 0) is 122 Å². The summed E-state index contributed by atoms with van der Waals surface area (Å²) < 4.78 is 94.1. The van der Waals surface area contributed by atoms with Crippen molar-refractivity contribution in [2.75, 3.05) is 42.1 Å². The number of alkyl halides is 6. The molecule has 0 radical (unpaired) electrons. The van der Waals surface area contributed by atoms with Gasteiger partial charge in [0.15, 0.2) is 0 Å². The fraction of sp³-hybridized carbons (Fsp3) is 0.306. The van der Waals surface area contributed by atoms with Crippen LogP contribution in [0.3, 0.4) is 0 Å². The molecule has 370 valence electrons. The van der Waals surface area contributed by atoms with Gasteiger partial charge in [-0.1, -0.05) is 64.4 Å². The third-order valence-electron chi connectivity index (χ3n) is 10.1. The number of hydrogen-bond acceptors (Lipinski definition) is 9. The van der Waals surface area contributed by atoms with Gasteiger partial charge in [-0.3, -0.25) is 19.2 Å². The highest BCUT2D eigenvalue weighted by Gasteiger charge is 2.38. The Morgan fingerprint density at radius 3 is 1.75 bits per heavy atom. The van der Waals surface area contributed by atoms with Gasteiger partial charge in [-0.2, -0.15) is 26.3 Å². The lowest BCUT2D eigenvalue weighted by molar-refractivity contribution is -0.143. The van der Waals surface area contributed by atoms with Crippen molar-refractivity contribution in [1.82, 2.24) is 0 Å². The molecule has 5 aromatic carbocycles. The van der Waals surface area contributed by atoms with E-state index >= 15 is 0 Å². The van der Waals surface area contributed by atoms with Gasteiger partial charge in [0.05, 0.1) is 27.1 Å². The second-order valence-corrected chi connectivity index (χ2v) is 21.8. The SMILES string of the molecule is CC(C)(C)CC(C)(C)c1cc(N2C(=O)COCC2=O)ccc1O.CP(C)(=O)c1cc(NC(=O)c2ccccc2)ccc1O.Cc1cc(O)c(Cl)cc1NC(=O)c1cc(C(F)(F)F)cc(C(F)(F)F)c1. The molecule has 69 heavy (non-hydrogen) atoms. The molecule has 12 nitrogen and oxygen atoms in total. The van der Waals surface area contributed by atoms with Gasteiger partial charge in [0.2, 0.25) is 0 Å². The molecule has 0 unspecified atom stereocenters. The van der Waals surface area contributed by atoms with E-state index in [0.29, 0.717) is 39.9 Å². The van der Waals surface area contributed by atoms with Gasteiger partial charge in [-0.15, -0.1) is 0 Å². The van der Waals surface area contributed by atoms with Crippen LogP contribution in [-0.4, -0.2) is 65.5 Å². The quantitative estimate of drug-likeness (QED) is 0.0437. The average Bonchev–Trinajstić information content (AvgIpc) is 3.22. The molecular formula is C49H51ClF6N3O9P. The normalized spacial score (nSPS) is 13.4. The number of nitrogens with zero attached hydrogens (tertiary/aromatic N) is 1. The monoisotopic (exact) mass is 1010 g/mol. The molecule has 0 aliphatic carbocycles. The fourth-order valence-corrected chi connectivity index (χ4v) is 8.55. The van der Waals surface area contributed by atoms with E-state index in [0.717, 1.165) is 23.0 Å². The van der Waals surface area contributed by atoms with Gasteiger partial charge in [-0.25, -0.2) is 4.90 Å². The molecule has 6 rings (SSSR count). The molecular weight excluding hydrogens is 955 g/mol. The van der Waals surface area contributed by atoms with Crippen molar-refractivity contribution in [2.45, 2.75) is 65.7 Å². The number of phenolic OH excluding ortho intramolecular Hbond substituents is 3. The first-order valence-electron chi connectivity index (χ1n) is 20.8. The Labute approximate surface area is 399 Å². The van der Waals surface area contributed by atoms with Gasteiger partial charge in [0, 0.05) is 28.1 Å². The van der Waals surface area contributed by atoms with Crippen LogP contribution in [0.1, 0.15) is 84.0 Å². The van der Waals surface area contributed by atoms with Crippen molar-refractivity contribution in [1.29, 1.82) is 0 Å². The van der Waals surface area contributed by atoms with Crippen LogP contribution in [0.15, 0.2) is 97.1 Å². The molecule has 4 amide bonds. The first kappa shape index (κ1) is 55.2. The van der Waals surface area contributed by atoms with Gasteiger partial charge >= 0.3 is 12.4 Å². The number of amides is 4. The number of aryl methyl sites for hydroxylation is 1. The molecule has 5 aromatic rings. The predicted molar refractivity (Wildman–Crippen MR) is 252 cm³/mol. The van der Waals surface area contributed by atoms with Crippen LogP contribution >= 0.6 is 18.7 Å². The van der Waals surface area contributed by atoms with E-state index in [4.69, 9.17) is 16.3 Å². The van der Waals surface area contributed by atoms with E-state index in [1.165, 1.54) is 19.1 Å². The van der Waals surface area contributed by atoms with Crippen molar-refractivity contribution >= 4 is 64.7 Å². The summed E-state index contributed by atoms with van der Waals surface area (Å²) in [5.74, 6) is -2.33. The second kappa shape index (κ2) is 21.5. The minimum atomic E-state index is -5.06. The van der Waals surface area contributed by atoms with E-state index in [-0.39, 0.29) is 75.8 Å². The Balaban J connectivity index is 0.000000227. The fourth-order valence-electron chi connectivity index (χ4n) is 7.31. The zero-order chi connectivity index (χ0) is 52.0. The van der Waals surface area contributed by atoms with E-state index in [2.05, 4.69) is 45.3 Å². The summed E-state index contributed by atoms with van der Waals surface area (Å²) in [5, 5.41) is 34.6. The minimum absolute atomic E-state index is 0.0176. The maximum Gasteiger partial charge on any atom is 0.416 e. The topological polar surface area (TPSA) is 183 Å². The number of carbonyl (C=O) groups excluding carboxylic acids is 4.